The van der Waals surface area contributed by atoms with Gasteiger partial charge in [0, 0.05) is 111 Å². The number of carboxylic acid groups (broad SMARTS) is 1. The fraction of sp³-hybridized carbons (Fsp3) is 0.370. The maximum Gasteiger partial charge on any atom is 0.335 e. The Balaban J connectivity index is 0.679. The molecule has 0 unspecified atom stereocenters. The Morgan fingerprint density at radius 2 is 1.45 bits per heavy atom. The molecular weight excluding hydrogens is 863 g/mol. The summed E-state index contributed by atoms with van der Waals surface area (Å²) >= 11 is 1.79. The SMILES string of the molecule is Cc1sc2c(c1C)C(c1ccc(N3CC(CN4CCN(CC5CN(c6cc(F)c(C7=C(c8ccccc8)CCCc8cc(C(=O)O)ccc87)cc6F)C5)CC4)C3)cc1)=N[C@@H](C)c1nnc(C)n1-2. The lowest BCUT2D eigenvalue weighted by atomic mass is 9.86. The standard InChI is InChI=1S/C54H56F2N8O2S/c1-32-34(3)67-53-49(32)51(57-33(2)52-59-58-35(4)64(52)53)39-13-16-42(17-14-39)62-28-36(29-62)26-60-19-21-61(22-20-60)27-37-30-63(31-37)48-25-46(55)45(24-47(48)56)50-43(38-9-6-5-7-10-38)12-8-11-40-23-41(54(65)66)15-18-44(40)50/h5-7,9-10,13-18,23-25,33,36-37H,8,11-12,19-22,26-31H2,1-4H3,(H,65,66)/t33-/m0/s1. The van der Waals surface area contributed by atoms with Crippen molar-refractivity contribution in [1.29, 1.82) is 0 Å². The molecule has 1 atom stereocenters. The number of rotatable bonds is 10. The molecule has 0 amide bonds. The van der Waals surface area contributed by atoms with E-state index in [0.29, 0.717) is 49.0 Å². The van der Waals surface area contributed by atoms with E-state index in [1.54, 1.807) is 29.5 Å². The number of aromatic carboxylic acids is 1. The molecule has 0 bridgehead atoms. The highest BCUT2D eigenvalue weighted by molar-refractivity contribution is 7.15. The first-order valence-electron chi connectivity index (χ1n) is 23.8. The number of hydrogen-bond donors (Lipinski definition) is 1. The molecule has 67 heavy (non-hydrogen) atoms. The van der Waals surface area contributed by atoms with Gasteiger partial charge in [-0.05, 0) is 111 Å². The molecule has 6 heterocycles. The summed E-state index contributed by atoms with van der Waals surface area (Å²) in [6.07, 6.45) is 2.09. The van der Waals surface area contributed by atoms with Crippen molar-refractivity contribution in [2.45, 2.75) is 53.0 Å². The molecule has 4 aliphatic heterocycles. The van der Waals surface area contributed by atoms with Gasteiger partial charge >= 0.3 is 5.97 Å². The zero-order valence-corrected chi connectivity index (χ0v) is 39.4. The highest BCUT2D eigenvalue weighted by atomic mass is 32.1. The molecule has 4 aromatic carbocycles. The second-order valence-corrected chi connectivity index (χ2v) is 20.5. The van der Waals surface area contributed by atoms with Crippen molar-refractivity contribution in [3.05, 3.63) is 158 Å². The van der Waals surface area contributed by atoms with Crippen molar-refractivity contribution < 1.29 is 18.7 Å². The zero-order chi connectivity index (χ0) is 46.1. The van der Waals surface area contributed by atoms with Crippen LogP contribution in [0.5, 0.6) is 0 Å². The van der Waals surface area contributed by atoms with E-state index >= 15 is 8.78 Å². The predicted octanol–water partition coefficient (Wildman–Crippen LogP) is 9.63. The van der Waals surface area contributed by atoms with Gasteiger partial charge in [0.2, 0.25) is 0 Å². The summed E-state index contributed by atoms with van der Waals surface area (Å²) in [7, 11) is 0. The van der Waals surface area contributed by atoms with Gasteiger partial charge in [0.1, 0.15) is 28.5 Å². The van der Waals surface area contributed by atoms with Gasteiger partial charge in [0.15, 0.2) is 5.82 Å². The molecular formula is C54H56F2N8O2S. The molecule has 0 radical (unpaired) electrons. The topological polar surface area (TPSA) is 93.3 Å². The lowest BCUT2D eigenvalue weighted by Gasteiger charge is -2.46. The number of piperazine rings is 1. The molecule has 0 spiro atoms. The lowest BCUT2D eigenvalue weighted by Crippen LogP contribution is -2.57. The van der Waals surface area contributed by atoms with Gasteiger partial charge in [0.05, 0.1) is 17.0 Å². The number of carbonyl (C=O) groups is 1. The van der Waals surface area contributed by atoms with E-state index < -0.39 is 17.6 Å². The molecule has 1 N–H and O–H groups in total. The van der Waals surface area contributed by atoms with Crippen molar-refractivity contribution in [1.82, 2.24) is 24.6 Å². The van der Waals surface area contributed by atoms with Crippen LogP contribution >= 0.6 is 11.3 Å². The first kappa shape index (κ1) is 43.5. The third-order valence-corrected chi connectivity index (χ3v) is 16.0. The van der Waals surface area contributed by atoms with Crippen LogP contribution in [0.2, 0.25) is 0 Å². The third kappa shape index (κ3) is 8.08. The van der Waals surface area contributed by atoms with Gasteiger partial charge in [-0.15, -0.1) is 21.5 Å². The number of thiophene rings is 1. The molecule has 11 rings (SSSR count). The van der Waals surface area contributed by atoms with Crippen LogP contribution < -0.4 is 9.80 Å². The van der Waals surface area contributed by atoms with Crippen LogP contribution in [-0.4, -0.2) is 107 Å². The summed E-state index contributed by atoms with van der Waals surface area (Å²) in [6, 6.07) is 26.5. The van der Waals surface area contributed by atoms with E-state index in [1.165, 1.54) is 33.8 Å². The molecule has 3 saturated heterocycles. The smallest absolute Gasteiger partial charge is 0.335 e. The Hall–Kier alpha value is -6.02. The first-order chi connectivity index (χ1) is 32.5. The van der Waals surface area contributed by atoms with Gasteiger partial charge in [-0.3, -0.25) is 9.56 Å². The Bertz CT molecular complexity index is 2940. The molecule has 13 heteroatoms. The number of nitrogens with zero attached hydrogens (tertiary/aromatic N) is 8. The number of carboxylic acids is 1. The molecule has 344 valence electrons. The number of fused-ring (bicyclic) bond motifs is 4. The summed E-state index contributed by atoms with van der Waals surface area (Å²) in [6.45, 7) is 18.2. The van der Waals surface area contributed by atoms with E-state index in [-0.39, 0.29) is 17.2 Å². The molecule has 5 aliphatic rings. The van der Waals surface area contributed by atoms with E-state index in [1.807, 2.05) is 42.2 Å². The number of benzene rings is 4. The Kier molecular flexibility index (Phi) is 11.4. The zero-order valence-electron chi connectivity index (χ0n) is 38.6. The van der Waals surface area contributed by atoms with Crippen LogP contribution in [0.3, 0.4) is 0 Å². The summed E-state index contributed by atoms with van der Waals surface area (Å²) in [4.78, 5) is 28.0. The fourth-order valence-corrected chi connectivity index (χ4v) is 12.3. The molecule has 2 aromatic heterocycles. The quantitative estimate of drug-likeness (QED) is 0.145. The molecule has 6 aromatic rings. The maximum atomic E-state index is 16.4. The lowest BCUT2D eigenvalue weighted by molar-refractivity contribution is 0.0696. The summed E-state index contributed by atoms with van der Waals surface area (Å²) in [5.41, 5.74) is 10.7. The second-order valence-electron chi connectivity index (χ2n) is 19.3. The predicted molar refractivity (Wildman–Crippen MR) is 263 cm³/mol. The van der Waals surface area contributed by atoms with Gasteiger partial charge in [-0.2, -0.15) is 0 Å². The average Bonchev–Trinajstić information content (AvgIpc) is 3.71. The van der Waals surface area contributed by atoms with Crippen molar-refractivity contribution in [2.75, 3.05) is 75.2 Å². The van der Waals surface area contributed by atoms with Crippen LogP contribution in [0.1, 0.15) is 91.6 Å². The number of aromatic nitrogens is 3. The third-order valence-electron chi connectivity index (χ3n) is 14.8. The van der Waals surface area contributed by atoms with Gasteiger partial charge in [-0.1, -0.05) is 48.5 Å². The van der Waals surface area contributed by atoms with Crippen LogP contribution in [0, 0.1) is 44.2 Å². The fourth-order valence-electron chi connectivity index (χ4n) is 11.1. The Morgan fingerprint density at radius 3 is 2.13 bits per heavy atom. The number of allylic oxidation sites excluding steroid dienone is 1. The van der Waals surface area contributed by atoms with Gasteiger partial charge in [0.25, 0.3) is 0 Å². The highest BCUT2D eigenvalue weighted by Gasteiger charge is 2.35. The van der Waals surface area contributed by atoms with E-state index in [9.17, 15) is 9.90 Å². The minimum Gasteiger partial charge on any atom is -0.478 e. The molecule has 3 fully saturated rings. The molecule has 10 nitrogen and oxygen atoms in total. The van der Waals surface area contributed by atoms with Crippen LogP contribution in [-0.2, 0) is 6.42 Å². The van der Waals surface area contributed by atoms with Crippen molar-refractivity contribution >= 4 is 45.5 Å². The Labute approximate surface area is 394 Å². The average molecular weight is 919 g/mol. The summed E-state index contributed by atoms with van der Waals surface area (Å²) in [5.74, 6) is 0.903. The Morgan fingerprint density at radius 1 is 0.761 bits per heavy atom. The largest absolute Gasteiger partial charge is 0.478 e. The highest BCUT2D eigenvalue weighted by Crippen LogP contribution is 2.43. The van der Waals surface area contributed by atoms with E-state index in [2.05, 4.69) is 74.5 Å². The number of halogens is 2. The maximum absolute atomic E-state index is 16.4. The van der Waals surface area contributed by atoms with Crippen LogP contribution in [0.25, 0.3) is 16.1 Å². The van der Waals surface area contributed by atoms with Gasteiger partial charge < -0.3 is 24.7 Å². The first-order valence-corrected chi connectivity index (χ1v) is 24.6. The minimum atomic E-state index is -1.00. The number of aliphatic imine (C=N–C) groups is 1. The van der Waals surface area contributed by atoms with Crippen molar-refractivity contribution in [3.63, 3.8) is 0 Å². The molecule has 1 aliphatic carbocycles. The van der Waals surface area contributed by atoms with E-state index in [4.69, 9.17) is 4.99 Å². The minimum absolute atomic E-state index is 0.101. The summed E-state index contributed by atoms with van der Waals surface area (Å²) < 4.78 is 34.8. The summed E-state index contributed by atoms with van der Waals surface area (Å²) in [5, 5.41) is 19.7. The molecule has 0 saturated carbocycles. The van der Waals surface area contributed by atoms with E-state index in [0.717, 1.165) is 109 Å². The van der Waals surface area contributed by atoms with Crippen molar-refractivity contribution in [2.24, 2.45) is 16.8 Å². The van der Waals surface area contributed by atoms with Crippen LogP contribution in [0.4, 0.5) is 20.2 Å². The second kappa shape index (κ2) is 17.6. The number of anilines is 2. The number of hydrogen-bond acceptors (Lipinski definition) is 9. The van der Waals surface area contributed by atoms with Crippen molar-refractivity contribution in [3.8, 4) is 5.00 Å². The number of aryl methyl sites for hydroxylation is 3. The monoisotopic (exact) mass is 918 g/mol. The normalized spacial score (nSPS) is 19.3. The van der Waals surface area contributed by atoms with Crippen LogP contribution in [0.15, 0.2) is 89.9 Å². The van der Waals surface area contributed by atoms with Gasteiger partial charge in [-0.25, -0.2) is 13.6 Å².